The molecule has 0 aliphatic carbocycles. The maximum atomic E-state index is 3.89. The Labute approximate surface area is 126 Å². The molecule has 0 aliphatic rings. The van der Waals surface area contributed by atoms with Gasteiger partial charge in [-0.25, -0.2) is 0 Å². The van der Waals surface area contributed by atoms with E-state index in [1.165, 1.54) is 0 Å². The molecule has 0 aromatic heterocycles. The molecule has 0 aliphatic heterocycles. The summed E-state index contributed by atoms with van der Waals surface area (Å²) in [5.41, 5.74) is 0.365. The minimum absolute atomic E-state index is 0. The van der Waals surface area contributed by atoms with Gasteiger partial charge in [0.05, 0.1) is 0 Å². The van der Waals surface area contributed by atoms with Gasteiger partial charge in [-0.05, 0) is 0 Å². The molecule has 0 rings (SSSR count). The van der Waals surface area contributed by atoms with E-state index in [1.54, 1.807) is 0 Å². The molecular formula is C16H32Pt. The van der Waals surface area contributed by atoms with Gasteiger partial charge in [-0.3, -0.25) is 0 Å². The van der Waals surface area contributed by atoms with Gasteiger partial charge in [0.1, 0.15) is 0 Å². The fourth-order valence-corrected chi connectivity index (χ4v) is 0.781. The second-order valence-corrected chi connectivity index (χ2v) is 5.31. The third-order valence-electron chi connectivity index (χ3n) is 1.39. The number of hydrogen-bond donors (Lipinski definition) is 0. The van der Waals surface area contributed by atoms with Gasteiger partial charge in [0, 0.05) is 0 Å². The summed E-state index contributed by atoms with van der Waals surface area (Å²) in [5, 5.41) is 0. The third-order valence-corrected chi connectivity index (χ3v) is 1.39. The second kappa shape index (κ2) is 14.2. The van der Waals surface area contributed by atoms with Crippen molar-refractivity contribution < 1.29 is 21.1 Å². The zero-order valence-electron chi connectivity index (χ0n) is 12.7. The Hall–Kier alpha value is 0.168. The Bertz CT molecular complexity index is 135. The van der Waals surface area contributed by atoms with Crippen LogP contribution >= 0.6 is 0 Å². The van der Waals surface area contributed by atoms with Gasteiger partial charge < -0.3 is 28.7 Å². The van der Waals surface area contributed by atoms with Gasteiger partial charge in [-0.15, -0.1) is 13.2 Å². The van der Waals surface area contributed by atoms with Crippen LogP contribution in [0.4, 0.5) is 0 Å². The summed E-state index contributed by atoms with van der Waals surface area (Å²) in [6, 6.07) is 0. The Kier molecular flexibility index (Phi) is 25.4. The van der Waals surface area contributed by atoms with Gasteiger partial charge >= 0.3 is 21.1 Å². The van der Waals surface area contributed by atoms with E-state index in [0.29, 0.717) is 0 Å². The number of hydrogen-bond acceptors (Lipinski definition) is 0. The minimum atomic E-state index is 0. The molecule has 0 saturated carbocycles. The largest absolute Gasteiger partial charge is 4.00 e. The molecule has 1 heteroatoms. The average Bonchev–Trinajstić information content (AvgIpc) is 1.81. The smallest absolute Gasteiger partial charge is 0.358 e. The zero-order valence-corrected chi connectivity index (χ0v) is 15.0. The molecule has 0 heterocycles. The molecule has 0 saturated heterocycles. The van der Waals surface area contributed by atoms with Crippen molar-refractivity contribution in [3.63, 3.8) is 0 Å². The van der Waals surface area contributed by atoms with Crippen LogP contribution in [0.2, 0.25) is 0 Å². The molecule has 0 N–H and O–H groups in total. The van der Waals surface area contributed by atoms with Gasteiger partial charge in [0.15, 0.2) is 0 Å². The second-order valence-electron chi connectivity index (χ2n) is 5.31. The predicted molar refractivity (Wildman–Crippen MR) is 80.7 cm³/mol. The SMILES string of the molecule is C=CCC([CH2-])(C)C.C=CCC([CH2-])(C)C.[CH3-].[CH3-].[Pt+4]. The fraction of sp³-hybridized carbons (Fsp3) is 0.500. The first-order valence-corrected chi connectivity index (χ1v) is 5.05. The molecule has 0 nitrogen and oxygen atoms in total. The molecule has 0 bridgehead atoms. The normalized spacial score (nSPS) is 9.29. The molecule has 17 heavy (non-hydrogen) atoms. The Morgan fingerprint density at radius 2 is 1.00 bits per heavy atom. The summed E-state index contributed by atoms with van der Waals surface area (Å²) >= 11 is 0. The maximum absolute atomic E-state index is 3.89. The topological polar surface area (TPSA) is 0 Å². The van der Waals surface area contributed by atoms with Crippen molar-refractivity contribution >= 4 is 0 Å². The van der Waals surface area contributed by atoms with Crippen LogP contribution in [-0.4, -0.2) is 0 Å². The molecular weight excluding hydrogens is 387 g/mol. The quantitative estimate of drug-likeness (QED) is 0.402. The van der Waals surface area contributed by atoms with Crippen LogP contribution in [0, 0.1) is 39.5 Å². The first-order valence-electron chi connectivity index (χ1n) is 5.05. The van der Waals surface area contributed by atoms with Crippen LogP contribution < -0.4 is 0 Å². The van der Waals surface area contributed by atoms with Crippen LogP contribution in [-0.2, 0) is 21.1 Å². The standard InChI is InChI=1S/2C7H13.2CH3.Pt/c2*1-5-6-7(2,3)4;;;/h2*5H,1-2,6H2,3-4H3;2*1H3;/q4*-1;+4. The summed E-state index contributed by atoms with van der Waals surface area (Å²) < 4.78 is 0. The predicted octanol–water partition coefficient (Wildman–Crippen LogP) is 5.74. The Balaban J connectivity index is -0.0000000480. The number of allylic oxidation sites excluding steroid dienone is 2. The third kappa shape index (κ3) is 48.6. The molecule has 0 radical (unpaired) electrons. The monoisotopic (exact) mass is 419 g/mol. The van der Waals surface area contributed by atoms with Crippen LogP contribution in [0.25, 0.3) is 0 Å². The van der Waals surface area contributed by atoms with E-state index < -0.39 is 0 Å². The molecule has 0 fully saturated rings. The van der Waals surface area contributed by atoms with E-state index in [2.05, 4.69) is 54.7 Å². The van der Waals surface area contributed by atoms with Crippen molar-refractivity contribution in [1.82, 2.24) is 0 Å². The van der Waals surface area contributed by atoms with E-state index in [1.807, 2.05) is 12.2 Å². The molecule has 0 aromatic carbocycles. The summed E-state index contributed by atoms with van der Waals surface area (Å²) in [7, 11) is 0. The first kappa shape index (κ1) is 30.3. The fourth-order valence-electron chi connectivity index (χ4n) is 0.781. The maximum Gasteiger partial charge on any atom is 4.00 e. The van der Waals surface area contributed by atoms with Crippen molar-refractivity contribution in [3.8, 4) is 0 Å². The Morgan fingerprint density at radius 3 is 1.00 bits per heavy atom. The first-order chi connectivity index (χ1) is 6.12. The van der Waals surface area contributed by atoms with Crippen LogP contribution in [0.1, 0.15) is 40.5 Å². The minimum Gasteiger partial charge on any atom is -0.358 e. The molecule has 0 aromatic rings. The number of rotatable bonds is 4. The van der Waals surface area contributed by atoms with Crippen molar-refractivity contribution in [2.45, 2.75) is 40.5 Å². The summed E-state index contributed by atoms with van der Waals surface area (Å²) in [5.74, 6) is 0. The van der Waals surface area contributed by atoms with Crippen molar-refractivity contribution in [1.29, 1.82) is 0 Å². The van der Waals surface area contributed by atoms with E-state index >= 15 is 0 Å². The van der Waals surface area contributed by atoms with E-state index in [-0.39, 0.29) is 46.7 Å². The van der Waals surface area contributed by atoms with E-state index in [4.69, 9.17) is 0 Å². The van der Waals surface area contributed by atoms with Crippen LogP contribution in [0.5, 0.6) is 0 Å². The average molecular weight is 420 g/mol. The molecule has 0 spiro atoms. The zero-order chi connectivity index (χ0) is 11.8. The molecule has 0 unspecified atom stereocenters. The van der Waals surface area contributed by atoms with Gasteiger partial charge in [0.25, 0.3) is 0 Å². The van der Waals surface area contributed by atoms with Crippen molar-refractivity contribution in [3.05, 3.63) is 54.0 Å². The van der Waals surface area contributed by atoms with Crippen molar-refractivity contribution in [2.24, 2.45) is 10.8 Å². The summed E-state index contributed by atoms with van der Waals surface area (Å²) in [6.45, 7) is 23.4. The molecule has 0 amide bonds. The van der Waals surface area contributed by atoms with E-state index in [0.717, 1.165) is 12.8 Å². The Morgan fingerprint density at radius 1 is 0.824 bits per heavy atom. The molecule has 106 valence electrons. The van der Waals surface area contributed by atoms with Gasteiger partial charge in [0.2, 0.25) is 0 Å². The van der Waals surface area contributed by atoms with Gasteiger partial charge in [-0.1, -0.05) is 52.7 Å². The summed E-state index contributed by atoms with van der Waals surface area (Å²) in [6.07, 6.45) is 5.78. The van der Waals surface area contributed by atoms with Crippen LogP contribution in [0.15, 0.2) is 25.3 Å². The van der Waals surface area contributed by atoms with E-state index in [9.17, 15) is 0 Å². The van der Waals surface area contributed by atoms with Gasteiger partial charge in [-0.2, -0.15) is 10.8 Å². The van der Waals surface area contributed by atoms with Crippen molar-refractivity contribution in [2.75, 3.05) is 0 Å². The summed E-state index contributed by atoms with van der Waals surface area (Å²) in [4.78, 5) is 0. The molecule has 0 atom stereocenters. The van der Waals surface area contributed by atoms with Crippen LogP contribution in [0.3, 0.4) is 0 Å².